The molecule has 3 N–H and O–H groups in total. The first-order valence-corrected chi connectivity index (χ1v) is 5.63. The molecule has 0 amide bonds. The highest BCUT2D eigenvalue weighted by Crippen LogP contribution is 2.33. The van der Waals surface area contributed by atoms with E-state index in [2.05, 4.69) is 16.8 Å². The molecule has 1 aliphatic rings. The summed E-state index contributed by atoms with van der Waals surface area (Å²) in [6.45, 7) is 3.46. The molecule has 1 aliphatic heterocycles. The second-order valence-corrected chi connectivity index (χ2v) is 4.92. The van der Waals surface area contributed by atoms with Crippen LogP contribution in [0.3, 0.4) is 0 Å². The Bertz CT molecular complexity index is 320. The molecule has 1 saturated heterocycles. The lowest BCUT2D eigenvalue weighted by Crippen LogP contribution is -2.61. The first-order chi connectivity index (χ1) is 6.63. The zero-order valence-electron chi connectivity index (χ0n) is 8.23. The third-order valence-electron chi connectivity index (χ3n) is 2.47. The largest absolute Gasteiger partial charge is 0.389 e. The van der Waals surface area contributed by atoms with E-state index in [1.54, 1.807) is 6.20 Å². The van der Waals surface area contributed by atoms with Gasteiger partial charge in [-0.3, -0.25) is 0 Å². The molecule has 0 aliphatic carbocycles. The molecule has 5 heteroatoms. The molecular weight excluding hydrogens is 198 g/mol. The van der Waals surface area contributed by atoms with E-state index in [0.717, 1.165) is 23.0 Å². The van der Waals surface area contributed by atoms with Crippen molar-refractivity contribution in [2.75, 3.05) is 23.7 Å². The van der Waals surface area contributed by atoms with Gasteiger partial charge >= 0.3 is 0 Å². The predicted molar refractivity (Wildman–Crippen MR) is 58.6 cm³/mol. The van der Waals surface area contributed by atoms with Crippen molar-refractivity contribution in [2.45, 2.75) is 25.4 Å². The lowest BCUT2D eigenvalue weighted by atomic mass is 9.90. The summed E-state index contributed by atoms with van der Waals surface area (Å²) in [6.07, 6.45) is 3.55. The summed E-state index contributed by atoms with van der Waals surface area (Å²) < 4.78 is 0. The van der Waals surface area contributed by atoms with Crippen molar-refractivity contribution >= 4 is 21.5 Å². The monoisotopic (exact) mass is 213 g/mol. The van der Waals surface area contributed by atoms with Crippen LogP contribution in [0.4, 0.5) is 10.1 Å². The van der Waals surface area contributed by atoms with E-state index in [4.69, 9.17) is 5.73 Å². The van der Waals surface area contributed by atoms with Crippen molar-refractivity contribution < 1.29 is 5.11 Å². The number of nitrogen functional groups attached to an aromatic ring is 1. The van der Waals surface area contributed by atoms with Gasteiger partial charge in [0.05, 0.1) is 24.9 Å². The Kier molecular flexibility index (Phi) is 2.36. The summed E-state index contributed by atoms with van der Waals surface area (Å²) in [6, 6.07) is 0. The van der Waals surface area contributed by atoms with Crippen LogP contribution in [0.5, 0.6) is 0 Å². The molecule has 4 nitrogen and oxygen atoms in total. The Labute approximate surface area is 87.4 Å². The highest BCUT2D eigenvalue weighted by atomic mass is 32.1. The van der Waals surface area contributed by atoms with E-state index in [1.807, 2.05) is 0 Å². The number of rotatable bonds is 3. The summed E-state index contributed by atoms with van der Waals surface area (Å²) in [4.78, 5) is 6.24. The lowest BCUT2D eigenvalue weighted by Gasteiger charge is -2.46. The molecule has 0 saturated carbocycles. The lowest BCUT2D eigenvalue weighted by molar-refractivity contribution is 0.00338. The number of β-amino-alcohol motifs (C(OH)–C–C–N with tert-alkyl or cyclic N) is 1. The molecule has 0 radical (unpaired) electrons. The van der Waals surface area contributed by atoms with Crippen molar-refractivity contribution in [1.29, 1.82) is 0 Å². The van der Waals surface area contributed by atoms with Gasteiger partial charge in [0.2, 0.25) is 0 Å². The Morgan fingerprint density at radius 3 is 2.93 bits per heavy atom. The van der Waals surface area contributed by atoms with Crippen LogP contribution in [0.15, 0.2) is 6.20 Å². The minimum absolute atomic E-state index is 0.491. The Morgan fingerprint density at radius 2 is 2.43 bits per heavy atom. The summed E-state index contributed by atoms with van der Waals surface area (Å²) in [5, 5.41) is 11.6. The SMILES string of the molecule is CCCC1(O)CN(c2ncc(N)s2)C1. The summed E-state index contributed by atoms with van der Waals surface area (Å²) >= 11 is 1.47. The number of aliphatic hydroxyl groups is 1. The second kappa shape index (κ2) is 3.40. The first-order valence-electron chi connectivity index (χ1n) is 4.81. The van der Waals surface area contributed by atoms with Crippen molar-refractivity contribution in [3.63, 3.8) is 0 Å². The zero-order chi connectivity index (χ0) is 10.2. The molecule has 1 aromatic heterocycles. The molecular formula is C9H15N3OS. The maximum absolute atomic E-state index is 9.95. The van der Waals surface area contributed by atoms with Crippen LogP contribution in [0.1, 0.15) is 19.8 Å². The van der Waals surface area contributed by atoms with Gasteiger partial charge in [0.25, 0.3) is 0 Å². The minimum atomic E-state index is -0.491. The molecule has 0 unspecified atom stereocenters. The molecule has 0 atom stereocenters. The average Bonchev–Trinajstić information content (AvgIpc) is 2.47. The predicted octanol–water partition coefficient (Wildman–Crippen LogP) is 1.08. The zero-order valence-corrected chi connectivity index (χ0v) is 9.05. The molecule has 2 heterocycles. The fourth-order valence-corrected chi connectivity index (χ4v) is 2.53. The van der Waals surface area contributed by atoms with E-state index < -0.39 is 5.60 Å². The smallest absolute Gasteiger partial charge is 0.187 e. The molecule has 0 aromatic carbocycles. The van der Waals surface area contributed by atoms with Crippen LogP contribution in [-0.4, -0.2) is 28.8 Å². The standard InChI is InChI=1S/C9H15N3OS/c1-2-3-9(13)5-12(6-9)8-11-4-7(10)14-8/h4,13H,2-3,5-6,10H2,1H3. The fourth-order valence-electron chi connectivity index (χ4n) is 1.85. The van der Waals surface area contributed by atoms with Crippen molar-refractivity contribution in [3.8, 4) is 0 Å². The molecule has 78 valence electrons. The van der Waals surface area contributed by atoms with Crippen LogP contribution in [0, 0.1) is 0 Å². The number of nitrogens with two attached hydrogens (primary N) is 1. The molecule has 14 heavy (non-hydrogen) atoms. The van der Waals surface area contributed by atoms with Crippen LogP contribution in [0.25, 0.3) is 0 Å². The Morgan fingerprint density at radius 1 is 1.71 bits per heavy atom. The third-order valence-corrected chi connectivity index (χ3v) is 3.35. The van der Waals surface area contributed by atoms with Crippen molar-refractivity contribution in [2.24, 2.45) is 0 Å². The van der Waals surface area contributed by atoms with Crippen LogP contribution < -0.4 is 10.6 Å². The summed E-state index contributed by atoms with van der Waals surface area (Å²) in [5.41, 5.74) is 5.10. The van der Waals surface area contributed by atoms with Gasteiger partial charge in [-0.05, 0) is 6.42 Å². The van der Waals surface area contributed by atoms with Gasteiger partial charge in [-0.2, -0.15) is 0 Å². The maximum atomic E-state index is 9.95. The first kappa shape index (κ1) is 9.73. The molecule has 1 fully saturated rings. The van der Waals surface area contributed by atoms with Crippen molar-refractivity contribution in [3.05, 3.63) is 6.20 Å². The van der Waals surface area contributed by atoms with Gasteiger partial charge in [0, 0.05) is 0 Å². The topological polar surface area (TPSA) is 62.4 Å². The van der Waals surface area contributed by atoms with E-state index in [9.17, 15) is 5.11 Å². The Hall–Kier alpha value is -0.810. The molecule has 0 spiro atoms. The number of thiazole rings is 1. The van der Waals surface area contributed by atoms with Gasteiger partial charge in [-0.1, -0.05) is 24.7 Å². The Balaban J connectivity index is 1.94. The number of anilines is 2. The van der Waals surface area contributed by atoms with Gasteiger partial charge < -0.3 is 15.7 Å². The van der Waals surface area contributed by atoms with Crippen LogP contribution in [0.2, 0.25) is 0 Å². The minimum Gasteiger partial charge on any atom is -0.389 e. The maximum Gasteiger partial charge on any atom is 0.187 e. The molecule has 2 rings (SSSR count). The van der Waals surface area contributed by atoms with Crippen LogP contribution >= 0.6 is 11.3 Å². The highest BCUT2D eigenvalue weighted by molar-refractivity contribution is 7.19. The number of hydrogen-bond acceptors (Lipinski definition) is 5. The number of nitrogens with zero attached hydrogens (tertiary/aromatic N) is 2. The number of hydrogen-bond donors (Lipinski definition) is 2. The quantitative estimate of drug-likeness (QED) is 0.788. The van der Waals surface area contributed by atoms with E-state index in [0.29, 0.717) is 13.1 Å². The van der Waals surface area contributed by atoms with Crippen molar-refractivity contribution in [1.82, 2.24) is 4.98 Å². The summed E-state index contributed by atoms with van der Waals surface area (Å²) in [5.74, 6) is 0. The average molecular weight is 213 g/mol. The van der Waals surface area contributed by atoms with Gasteiger partial charge in [-0.25, -0.2) is 4.98 Å². The van der Waals surface area contributed by atoms with Gasteiger partial charge in [-0.15, -0.1) is 0 Å². The van der Waals surface area contributed by atoms with Gasteiger partial charge in [0.15, 0.2) is 5.13 Å². The molecule has 1 aromatic rings. The van der Waals surface area contributed by atoms with E-state index >= 15 is 0 Å². The normalized spacial score (nSPS) is 19.4. The highest BCUT2D eigenvalue weighted by Gasteiger charge is 2.41. The fraction of sp³-hybridized carbons (Fsp3) is 0.667. The van der Waals surface area contributed by atoms with Gasteiger partial charge in [0.1, 0.15) is 5.00 Å². The summed E-state index contributed by atoms with van der Waals surface area (Å²) in [7, 11) is 0. The van der Waals surface area contributed by atoms with E-state index in [-0.39, 0.29) is 0 Å². The van der Waals surface area contributed by atoms with E-state index in [1.165, 1.54) is 11.3 Å². The number of aromatic nitrogens is 1. The second-order valence-electron chi connectivity index (χ2n) is 3.88. The third kappa shape index (κ3) is 1.69. The van der Waals surface area contributed by atoms with Crippen LogP contribution in [-0.2, 0) is 0 Å². The molecule has 0 bridgehead atoms.